The van der Waals surface area contributed by atoms with E-state index in [9.17, 15) is 24.3 Å². The second-order valence-electron chi connectivity index (χ2n) is 10.7. The molecule has 3 rings (SSSR count). The first-order valence-electron chi connectivity index (χ1n) is 12.6. The molecule has 200 valence electrons. The lowest BCUT2D eigenvalue weighted by molar-refractivity contribution is -0.160. The SMILES string of the molecule is CN(C)CCN1C(=O)c2cccc3c(NCCCCC(CC(=O)OC(C)(C)C)C(=O)O)ccc(c23)C1=O. The highest BCUT2D eigenvalue weighted by Crippen LogP contribution is 2.34. The second-order valence-corrected chi connectivity index (χ2v) is 10.7. The van der Waals surface area contributed by atoms with Crippen molar-refractivity contribution in [3.05, 3.63) is 41.5 Å². The fourth-order valence-corrected chi connectivity index (χ4v) is 4.44. The Morgan fingerprint density at radius 2 is 1.73 bits per heavy atom. The predicted octanol–water partition coefficient (Wildman–Crippen LogP) is 4.01. The molecular formula is C28H37N3O6. The minimum Gasteiger partial charge on any atom is -0.481 e. The molecule has 9 nitrogen and oxygen atoms in total. The van der Waals surface area contributed by atoms with E-state index in [1.807, 2.05) is 37.2 Å². The summed E-state index contributed by atoms with van der Waals surface area (Å²) < 4.78 is 5.26. The molecule has 2 aromatic carbocycles. The van der Waals surface area contributed by atoms with Crippen LogP contribution < -0.4 is 5.32 Å². The lowest BCUT2D eigenvalue weighted by Crippen LogP contribution is -2.43. The zero-order valence-electron chi connectivity index (χ0n) is 22.3. The third kappa shape index (κ3) is 7.07. The lowest BCUT2D eigenvalue weighted by atomic mass is 9.93. The van der Waals surface area contributed by atoms with Gasteiger partial charge in [0.1, 0.15) is 5.60 Å². The van der Waals surface area contributed by atoms with E-state index in [-0.39, 0.29) is 18.2 Å². The molecule has 1 heterocycles. The van der Waals surface area contributed by atoms with Gasteiger partial charge in [0.15, 0.2) is 0 Å². The van der Waals surface area contributed by atoms with Crippen LogP contribution in [0.1, 0.15) is 67.2 Å². The van der Waals surface area contributed by atoms with Gasteiger partial charge in [0.2, 0.25) is 0 Å². The van der Waals surface area contributed by atoms with Gasteiger partial charge in [-0.25, -0.2) is 0 Å². The van der Waals surface area contributed by atoms with Crippen molar-refractivity contribution in [3.63, 3.8) is 0 Å². The van der Waals surface area contributed by atoms with Crippen LogP contribution in [-0.4, -0.2) is 78.0 Å². The summed E-state index contributed by atoms with van der Waals surface area (Å²) in [4.78, 5) is 53.1. The zero-order valence-corrected chi connectivity index (χ0v) is 22.3. The van der Waals surface area contributed by atoms with Gasteiger partial charge in [-0.05, 0) is 65.9 Å². The summed E-state index contributed by atoms with van der Waals surface area (Å²) in [5, 5.41) is 14.3. The first kappa shape index (κ1) is 28.1. The molecule has 1 unspecified atom stereocenters. The van der Waals surface area contributed by atoms with Gasteiger partial charge in [0, 0.05) is 47.2 Å². The Morgan fingerprint density at radius 1 is 1.05 bits per heavy atom. The topological polar surface area (TPSA) is 116 Å². The van der Waals surface area contributed by atoms with Gasteiger partial charge < -0.3 is 20.1 Å². The fourth-order valence-electron chi connectivity index (χ4n) is 4.44. The summed E-state index contributed by atoms with van der Waals surface area (Å²) in [5.74, 6) is -2.87. The van der Waals surface area contributed by atoms with Crippen LogP contribution in [0.15, 0.2) is 30.3 Å². The molecule has 0 saturated heterocycles. The minimum absolute atomic E-state index is 0.150. The van der Waals surface area contributed by atoms with Crippen LogP contribution in [0, 0.1) is 5.92 Å². The van der Waals surface area contributed by atoms with Crippen molar-refractivity contribution < 1.29 is 29.0 Å². The Labute approximate surface area is 217 Å². The van der Waals surface area contributed by atoms with Gasteiger partial charge >= 0.3 is 11.9 Å². The molecule has 2 amide bonds. The molecule has 0 radical (unpaired) electrons. The number of nitrogens with one attached hydrogen (secondary N) is 1. The molecule has 1 atom stereocenters. The molecule has 0 aromatic heterocycles. The van der Waals surface area contributed by atoms with E-state index in [4.69, 9.17) is 4.74 Å². The highest BCUT2D eigenvalue weighted by atomic mass is 16.6. The Balaban J connectivity index is 1.63. The molecule has 0 saturated carbocycles. The maximum Gasteiger partial charge on any atom is 0.307 e. The van der Waals surface area contributed by atoms with Gasteiger partial charge in [0.05, 0.1) is 12.3 Å². The maximum absolute atomic E-state index is 13.1. The molecule has 2 aromatic rings. The summed E-state index contributed by atoms with van der Waals surface area (Å²) in [6.45, 7) is 6.74. The van der Waals surface area contributed by atoms with Crippen LogP contribution >= 0.6 is 0 Å². The van der Waals surface area contributed by atoms with E-state index in [0.29, 0.717) is 55.4 Å². The maximum atomic E-state index is 13.1. The third-order valence-corrected chi connectivity index (χ3v) is 6.24. The summed E-state index contributed by atoms with van der Waals surface area (Å²) in [6, 6.07) is 9.07. The first-order valence-corrected chi connectivity index (χ1v) is 12.6. The largest absolute Gasteiger partial charge is 0.481 e. The molecule has 0 fully saturated rings. The summed E-state index contributed by atoms with van der Waals surface area (Å²) in [6.07, 6.45) is 1.53. The van der Waals surface area contributed by atoms with Crippen molar-refractivity contribution in [1.82, 2.24) is 9.80 Å². The normalized spacial score (nSPS) is 14.3. The first-order chi connectivity index (χ1) is 17.4. The standard InChI is InChI=1S/C28H37N3O6/c1-28(2,3)37-23(32)17-18(27(35)36)9-6-7-14-29-22-13-12-21-24-19(22)10-8-11-20(24)25(33)31(26(21)34)16-15-30(4)5/h8,10-13,18,29H,6-7,9,14-17H2,1-5H3,(H,35,36). The Bertz CT molecular complexity index is 1160. The van der Waals surface area contributed by atoms with Crippen molar-refractivity contribution in [2.75, 3.05) is 39.0 Å². The molecule has 1 aliphatic rings. The number of benzene rings is 2. The zero-order chi connectivity index (χ0) is 27.3. The highest BCUT2D eigenvalue weighted by Gasteiger charge is 2.33. The number of carboxylic acid groups (broad SMARTS) is 1. The number of likely N-dealkylation sites (N-methyl/N-ethyl adjacent to an activating group) is 1. The van der Waals surface area contributed by atoms with Crippen molar-refractivity contribution in [3.8, 4) is 0 Å². The van der Waals surface area contributed by atoms with Crippen LogP contribution in [0.4, 0.5) is 5.69 Å². The number of aliphatic carboxylic acids is 1. The van der Waals surface area contributed by atoms with Gasteiger partial charge in [-0.15, -0.1) is 0 Å². The Morgan fingerprint density at radius 3 is 2.35 bits per heavy atom. The van der Waals surface area contributed by atoms with E-state index in [2.05, 4.69) is 5.32 Å². The summed E-state index contributed by atoms with van der Waals surface area (Å²) in [5.41, 5.74) is 1.19. The number of amides is 2. The average Bonchev–Trinajstić information content (AvgIpc) is 2.80. The Hall–Kier alpha value is -3.46. The van der Waals surface area contributed by atoms with E-state index in [1.54, 1.807) is 32.9 Å². The fraction of sp³-hybridized carbons (Fsp3) is 0.500. The number of imide groups is 1. The van der Waals surface area contributed by atoms with Crippen molar-refractivity contribution in [2.45, 2.75) is 52.1 Å². The number of esters is 1. The number of hydrogen-bond donors (Lipinski definition) is 2. The van der Waals surface area contributed by atoms with E-state index in [1.165, 1.54) is 4.90 Å². The van der Waals surface area contributed by atoms with Crippen molar-refractivity contribution in [1.29, 1.82) is 0 Å². The van der Waals surface area contributed by atoms with Crippen LogP contribution in [0.5, 0.6) is 0 Å². The van der Waals surface area contributed by atoms with E-state index >= 15 is 0 Å². The van der Waals surface area contributed by atoms with Crippen LogP contribution in [0.2, 0.25) is 0 Å². The van der Waals surface area contributed by atoms with Gasteiger partial charge in [-0.3, -0.25) is 24.1 Å². The van der Waals surface area contributed by atoms with Gasteiger partial charge in [-0.2, -0.15) is 0 Å². The predicted molar refractivity (Wildman–Crippen MR) is 142 cm³/mol. The number of unbranched alkanes of at least 4 members (excludes halogenated alkanes) is 1. The summed E-state index contributed by atoms with van der Waals surface area (Å²) >= 11 is 0. The number of nitrogens with zero attached hydrogens (tertiary/aromatic N) is 2. The monoisotopic (exact) mass is 511 g/mol. The number of rotatable bonds is 12. The van der Waals surface area contributed by atoms with Crippen molar-refractivity contribution in [2.24, 2.45) is 5.92 Å². The molecular weight excluding hydrogens is 474 g/mol. The van der Waals surface area contributed by atoms with E-state index < -0.39 is 23.5 Å². The highest BCUT2D eigenvalue weighted by molar-refractivity contribution is 6.26. The molecule has 2 N–H and O–H groups in total. The lowest BCUT2D eigenvalue weighted by Gasteiger charge is -2.28. The second kappa shape index (κ2) is 11.7. The van der Waals surface area contributed by atoms with E-state index in [0.717, 1.165) is 11.1 Å². The quantitative estimate of drug-likeness (QED) is 0.249. The molecule has 0 bridgehead atoms. The molecule has 9 heteroatoms. The van der Waals surface area contributed by atoms with Gasteiger partial charge in [0.25, 0.3) is 11.8 Å². The smallest absolute Gasteiger partial charge is 0.307 e. The number of carboxylic acids is 1. The van der Waals surface area contributed by atoms with Crippen molar-refractivity contribution >= 4 is 40.2 Å². The number of carbonyl (C=O) groups is 4. The van der Waals surface area contributed by atoms with Crippen LogP contribution in [-0.2, 0) is 14.3 Å². The molecule has 1 aliphatic heterocycles. The molecule has 0 spiro atoms. The minimum atomic E-state index is -1.00. The Kier molecular flexibility index (Phi) is 8.91. The third-order valence-electron chi connectivity index (χ3n) is 6.24. The number of carbonyl (C=O) groups excluding carboxylic acids is 3. The van der Waals surface area contributed by atoms with Crippen LogP contribution in [0.25, 0.3) is 10.8 Å². The number of hydrogen-bond acceptors (Lipinski definition) is 7. The van der Waals surface area contributed by atoms with Crippen LogP contribution in [0.3, 0.4) is 0 Å². The average molecular weight is 512 g/mol. The number of anilines is 1. The van der Waals surface area contributed by atoms with Gasteiger partial charge in [-0.1, -0.05) is 18.6 Å². The molecule has 0 aliphatic carbocycles. The number of ether oxygens (including phenoxy) is 1. The molecule has 37 heavy (non-hydrogen) atoms. The summed E-state index contributed by atoms with van der Waals surface area (Å²) in [7, 11) is 3.79.